The molecule has 0 spiro atoms. The van der Waals surface area contributed by atoms with Crippen LogP contribution in [0.2, 0.25) is 0 Å². The Hall–Kier alpha value is -2.53. The SMILES string of the molecule is COc1ccc(OC)c2c1CC(NC(=O)[C@@H]1C[C@H]3CC[C@@H](C1)N3Cc1ccccc1)C2. The molecule has 0 saturated carbocycles. The van der Waals surface area contributed by atoms with Gasteiger partial charge in [-0.2, -0.15) is 0 Å². The minimum absolute atomic E-state index is 0.118. The van der Waals surface area contributed by atoms with Crippen LogP contribution in [-0.2, 0) is 24.2 Å². The monoisotopic (exact) mass is 420 g/mol. The lowest BCUT2D eigenvalue weighted by atomic mass is 9.89. The molecule has 31 heavy (non-hydrogen) atoms. The topological polar surface area (TPSA) is 50.8 Å². The quantitative estimate of drug-likeness (QED) is 0.774. The Bertz CT molecular complexity index is 898. The van der Waals surface area contributed by atoms with E-state index in [2.05, 4.69) is 40.5 Å². The number of hydrogen-bond donors (Lipinski definition) is 1. The number of fused-ring (bicyclic) bond motifs is 3. The van der Waals surface area contributed by atoms with Gasteiger partial charge < -0.3 is 14.8 Å². The second-order valence-corrected chi connectivity index (χ2v) is 9.25. The molecule has 3 atom stereocenters. The Morgan fingerprint density at radius 3 is 2.06 bits per heavy atom. The molecule has 2 saturated heterocycles. The van der Waals surface area contributed by atoms with Crippen LogP contribution in [0.25, 0.3) is 0 Å². The van der Waals surface area contributed by atoms with E-state index in [1.165, 1.54) is 29.5 Å². The van der Waals surface area contributed by atoms with E-state index in [-0.39, 0.29) is 17.9 Å². The summed E-state index contributed by atoms with van der Waals surface area (Å²) < 4.78 is 11.1. The lowest BCUT2D eigenvalue weighted by molar-refractivity contribution is -0.128. The van der Waals surface area contributed by atoms with Gasteiger partial charge in [-0.1, -0.05) is 30.3 Å². The molecule has 3 aliphatic rings. The molecule has 1 amide bonds. The number of ether oxygens (including phenoxy) is 2. The lowest BCUT2D eigenvalue weighted by Crippen LogP contribution is -2.48. The average molecular weight is 421 g/mol. The molecule has 5 heteroatoms. The van der Waals surface area contributed by atoms with Crippen molar-refractivity contribution in [3.8, 4) is 11.5 Å². The predicted molar refractivity (Wildman–Crippen MR) is 120 cm³/mol. The summed E-state index contributed by atoms with van der Waals surface area (Å²) in [6.45, 7) is 1.00. The van der Waals surface area contributed by atoms with Gasteiger partial charge in [-0.25, -0.2) is 0 Å². The van der Waals surface area contributed by atoms with Gasteiger partial charge in [0, 0.05) is 41.7 Å². The Labute approximate surface area is 184 Å². The molecule has 164 valence electrons. The fourth-order valence-corrected chi connectivity index (χ4v) is 6.01. The van der Waals surface area contributed by atoms with Crippen molar-refractivity contribution in [2.24, 2.45) is 5.92 Å². The van der Waals surface area contributed by atoms with Gasteiger partial charge in [0.1, 0.15) is 11.5 Å². The molecule has 2 aliphatic heterocycles. The Kier molecular flexibility index (Phi) is 5.61. The molecule has 5 rings (SSSR count). The second-order valence-electron chi connectivity index (χ2n) is 9.25. The van der Waals surface area contributed by atoms with E-state index in [1.807, 2.05) is 12.1 Å². The third-order valence-electron chi connectivity index (χ3n) is 7.50. The number of carbonyl (C=O) groups excluding carboxylic acids is 1. The minimum atomic E-state index is 0.118. The number of piperidine rings is 1. The van der Waals surface area contributed by atoms with Crippen molar-refractivity contribution in [1.29, 1.82) is 0 Å². The molecular weight excluding hydrogens is 388 g/mol. The molecule has 2 heterocycles. The van der Waals surface area contributed by atoms with Crippen molar-refractivity contribution in [2.45, 2.75) is 63.2 Å². The maximum absolute atomic E-state index is 13.2. The highest BCUT2D eigenvalue weighted by Crippen LogP contribution is 2.41. The zero-order valence-corrected chi connectivity index (χ0v) is 18.5. The van der Waals surface area contributed by atoms with Gasteiger partial charge in [-0.3, -0.25) is 9.69 Å². The van der Waals surface area contributed by atoms with E-state index in [4.69, 9.17) is 9.47 Å². The highest BCUT2D eigenvalue weighted by molar-refractivity contribution is 5.79. The maximum Gasteiger partial charge on any atom is 0.223 e. The van der Waals surface area contributed by atoms with E-state index in [1.54, 1.807) is 14.2 Å². The van der Waals surface area contributed by atoms with Crippen LogP contribution in [0.1, 0.15) is 42.4 Å². The molecule has 1 N–H and O–H groups in total. The Balaban J connectivity index is 1.22. The van der Waals surface area contributed by atoms with Gasteiger partial charge in [-0.05, 0) is 56.2 Å². The van der Waals surface area contributed by atoms with Crippen molar-refractivity contribution in [2.75, 3.05) is 14.2 Å². The number of amides is 1. The Morgan fingerprint density at radius 2 is 1.52 bits per heavy atom. The van der Waals surface area contributed by atoms with Gasteiger partial charge in [0.05, 0.1) is 14.2 Å². The molecule has 1 aliphatic carbocycles. The summed E-state index contributed by atoms with van der Waals surface area (Å²) in [4.78, 5) is 15.8. The van der Waals surface area contributed by atoms with Crippen molar-refractivity contribution in [1.82, 2.24) is 10.2 Å². The average Bonchev–Trinajstić information content (AvgIpc) is 3.30. The van der Waals surface area contributed by atoms with Crippen LogP contribution in [0, 0.1) is 5.92 Å². The van der Waals surface area contributed by atoms with Gasteiger partial charge in [0.15, 0.2) is 0 Å². The summed E-state index contributed by atoms with van der Waals surface area (Å²) in [5.41, 5.74) is 3.71. The van der Waals surface area contributed by atoms with E-state index < -0.39 is 0 Å². The normalized spacial score (nSPS) is 25.3. The van der Waals surface area contributed by atoms with E-state index >= 15 is 0 Å². The van der Waals surface area contributed by atoms with Crippen LogP contribution < -0.4 is 14.8 Å². The van der Waals surface area contributed by atoms with Crippen LogP contribution in [-0.4, -0.2) is 43.2 Å². The highest BCUT2D eigenvalue weighted by Gasteiger charge is 2.43. The first-order chi connectivity index (χ1) is 15.2. The van der Waals surface area contributed by atoms with E-state index in [9.17, 15) is 4.79 Å². The lowest BCUT2D eigenvalue weighted by Gasteiger charge is -2.38. The zero-order valence-electron chi connectivity index (χ0n) is 18.5. The fourth-order valence-electron chi connectivity index (χ4n) is 6.01. The molecular formula is C26H32N2O3. The van der Waals surface area contributed by atoms with Gasteiger partial charge in [0.2, 0.25) is 5.91 Å². The molecule has 2 aromatic carbocycles. The zero-order chi connectivity index (χ0) is 21.4. The van der Waals surface area contributed by atoms with Crippen LogP contribution in [0.4, 0.5) is 0 Å². The number of hydrogen-bond acceptors (Lipinski definition) is 4. The summed E-state index contributed by atoms with van der Waals surface area (Å²) in [5.74, 6) is 2.13. The number of methoxy groups -OCH3 is 2. The van der Waals surface area contributed by atoms with Gasteiger partial charge in [0.25, 0.3) is 0 Å². The third-order valence-corrected chi connectivity index (χ3v) is 7.50. The Morgan fingerprint density at radius 1 is 0.935 bits per heavy atom. The minimum Gasteiger partial charge on any atom is -0.496 e. The number of carbonyl (C=O) groups is 1. The first-order valence-corrected chi connectivity index (χ1v) is 11.5. The summed E-state index contributed by atoms with van der Waals surface area (Å²) in [5, 5.41) is 3.36. The molecule has 0 aromatic heterocycles. The van der Waals surface area contributed by atoms with Crippen molar-refractivity contribution in [3.05, 3.63) is 59.2 Å². The summed E-state index contributed by atoms with van der Waals surface area (Å²) in [7, 11) is 3.40. The number of nitrogens with one attached hydrogen (secondary N) is 1. The number of nitrogens with zero attached hydrogens (tertiary/aromatic N) is 1. The summed E-state index contributed by atoms with van der Waals surface area (Å²) >= 11 is 0. The summed E-state index contributed by atoms with van der Waals surface area (Å²) in [6, 6.07) is 15.8. The smallest absolute Gasteiger partial charge is 0.223 e. The standard InChI is InChI=1S/C26H32N2O3/c1-30-24-10-11-25(31-2)23-15-19(14-22(23)24)27-26(29)18-12-20-8-9-21(13-18)28(20)16-17-6-4-3-5-7-17/h3-7,10-11,18-21H,8-9,12-16H2,1-2H3,(H,27,29)/t18-,20-,21+. The molecule has 2 bridgehead atoms. The molecule has 5 nitrogen and oxygen atoms in total. The first-order valence-electron chi connectivity index (χ1n) is 11.5. The predicted octanol–water partition coefficient (Wildman–Crippen LogP) is 3.73. The fraction of sp³-hybridized carbons (Fsp3) is 0.500. The third kappa shape index (κ3) is 3.91. The van der Waals surface area contributed by atoms with Crippen molar-refractivity contribution in [3.63, 3.8) is 0 Å². The number of benzene rings is 2. The van der Waals surface area contributed by atoms with Crippen molar-refractivity contribution >= 4 is 5.91 Å². The number of rotatable bonds is 6. The first kappa shape index (κ1) is 20.4. The van der Waals surface area contributed by atoms with Crippen molar-refractivity contribution < 1.29 is 14.3 Å². The van der Waals surface area contributed by atoms with Crippen LogP contribution in [0.15, 0.2) is 42.5 Å². The summed E-state index contributed by atoms with van der Waals surface area (Å²) in [6.07, 6.45) is 5.99. The molecule has 0 radical (unpaired) electrons. The molecule has 2 fully saturated rings. The largest absolute Gasteiger partial charge is 0.496 e. The van der Waals surface area contributed by atoms with E-state index in [0.717, 1.165) is 43.7 Å². The molecule has 0 unspecified atom stereocenters. The second kappa shape index (κ2) is 8.54. The van der Waals surface area contributed by atoms with Gasteiger partial charge in [-0.15, -0.1) is 0 Å². The van der Waals surface area contributed by atoms with Crippen LogP contribution >= 0.6 is 0 Å². The van der Waals surface area contributed by atoms with Gasteiger partial charge >= 0.3 is 0 Å². The maximum atomic E-state index is 13.2. The van der Waals surface area contributed by atoms with Crippen LogP contribution in [0.5, 0.6) is 11.5 Å². The highest BCUT2D eigenvalue weighted by atomic mass is 16.5. The van der Waals surface area contributed by atoms with E-state index in [0.29, 0.717) is 12.1 Å². The molecule has 2 aromatic rings. The van der Waals surface area contributed by atoms with Crippen LogP contribution in [0.3, 0.4) is 0 Å².